The molecule has 0 aromatic heterocycles. The van der Waals surface area contributed by atoms with Crippen LogP contribution in [-0.2, 0) is 6.61 Å². The largest absolute Gasteiger partial charge is 0.489 e. The standard InChI is InChI=1S/C15H14FNO2/c1-10-6-7-12(16)8-14(10)19-9-11-4-2-3-5-13(11)15(17)18/h2-8H,9H2,1H3,(H2,17,18). The van der Waals surface area contributed by atoms with E-state index in [1.807, 2.05) is 6.92 Å². The van der Waals surface area contributed by atoms with E-state index in [1.54, 1.807) is 30.3 Å². The third kappa shape index (κ3) is 3.10. The van der Waals surface area contributed by atoms with Crippen molar-refractivity contribution in [2.45, 2.75) is 13.5 Å². The fourth-order valence-electron chi connectivity index (χ4n) is 1.77. The molecule has 2 aromatic carbocycles. The number of hydrogen-bond donors (Lipinski definition) is 1. The maximum atomic E-state index is 13.1. The molecule has 0 saturated heterocycles. The maximum Gasteiger partial charge on any atom is 0.249 e. The second-order valence-electron chi connectivity index (χ2n) is 4.22. The number of aryl methyl sites for hydroxylation is 1. The van der Waals surface area contributed by atoms with Gasteiger partial charge in [0.15, 0.2) is 0 Å². The van der Waals surface area contributed by atoms with E-state index < -0.39 is 5.91 Å². The first kappa shape index (κ1) is 13.1. The molecule has 0 radical (unpaired) electrons. The molecule has 3 nitrogen and oxygen atoms in total. The summed E-state index contributed by atoms with van der Waals surface area (Å²) in [5, 5.41) is 0. The van der Waals surface area contributed by atoms with Gasteiger partial charge in [-0.05, 0) is 24.6 Å². The Morgan fingerprint density at radius 1 is 1.26 bits per heavy atom. The van der Waals surface area contributed by atoms with Crippen molar-refractivity contribution in [1.29, 1.82) is 0 Å². The second-order valence-corrected chi connectivity index (χ2v) is 4.22. The van der Waals surface area contributed by atoms with Crippen LogP contribution in [0.15, 0.2) is 42.5 Å². The molecule has 2 N–H and O–H groups in total. The maximum absolute atomic E-state index is 13.1. The molecule has 0 bridgehead atoms. The molecule has 0 unspecified atom stereocenters. The average molecular weight is 259 g/mol. The van der Waals surface area contributed by atoms with Crippen LogP contribution in [0.1, 0.15) is 21.5 Å². The summed E-state index contributed by atoms with van der Waals surface area (Å²) >= 11 is 0. The number of halogens is 1. The predicted molar refractivity (Wildman–Crippen MR) is 70.4 cm³/mol. The molecule has 1 amide bonds. The lowest BCUT2D eigenvalue weighted by Gasteiger charge is -2.11. The van der Waals surface area contributed by atoms with Crippen LogP contribution in [0, 0.1) is 12.7 Å². The van der Waals surface area contributed by atoms with Crippen molar-refractivity contribution in [3.05, 3.63) is 65.0 Å². The number of carbonyl (C=O) groups is 1. The van der Waals surface area contributed by atoms with Crippen LogP contribution in [0.5, 0.6) is 5.75 Å². The topological polar surface area (TPSA) is 52.3 Å². The van der Waals surface area contributed by atoms with Crippen molar-refractivity contribution in [2.24, 2.45) is 5.73 Å². The zero-order chi connectivity index (χ0) is 13.8. The zero-order valence-corrected chi connectivity index (χ0v) is 10.5. The fraction of sp³-hybridized carbons (Fsp3) is 0.133. The lowest BCUT2D eigenvalue weighted by atomic mass is 10.1. The van der Waals surface area contributed by atoms with Gasteiger partial charge < -0.3 is 10.5 Å². The van der Waals surface area contributed by atoms with Gasteiger partial charge in [0.25, 0.3) is 0 Å². The van der Waals surface area contributed by atoms with Gasteiger partial charge in [0.05, 0.1) is 0 Å². The molecule has 0 atom stereocenters. The fourth-order valence-corrected chi connectivity index (χ4v) is 1.77. The van der Waals surface area contributed by atoms with E-state index in [-0.39, 0.29) is 12.4 Å². The van der Waals surface area contributed by atoms with E-state index in [0.717, 1.165) is 5.56 Å². The molecular weight excluding hydrogens is 245 g/mol. The average Bonchev–Trinajstić information content (AvgIpc) is 2.40. The van der Waals surface area contributed by atoms with Gasteiger partial charge in [-0.3, -0.25) is 4.79 Å². The van der Waals surface area contributed by atoms with Crippen molar-refractivity contribution in [2.75, 3.05) is 0 Å². The summed E-state index contributed by atoms with van der Waals surface area (Å²) in [7, 11) is 0. The minimum absolute atomic E-state index is 0.170. The van der Waals surface area contributed by atoms with E-state index >= 15 is 0 Å². The Labute approximate surface area is 110 Å². The highest BCUT2D eigenvalue weighted by Crippen LogP contribution is 2.20. The van der Waals surface area contributed by atoms with Gasteiger partial charge in [0.2, 0.25) is 5.91 Å². The van der Waals surface area contributed by atoms with Crippen LogP contribution in [0.25, 0.3) is 0 Å². The summed E-state index contributed by atoms with van der Waals surface area (Å²) in [4.78, 5) is 11.3. The number of rotatable bonds is 4. The first-order valence-electron chi connectivity index (χ1n) is 5.84. The third-order valence-corrected chi connectivity index (χ3v) is 2.82. The molecule has 0 heterocycles. The number of benzene rings is 2. The molecule has 19 heavy (non-hydrogen) atoms. The minimum atomic E-state index is -0.504. The smallest absolute Gasteiger partial charge is 0.249 e. The molecule has 0 spiro atoms. The van der Waals surface area contributed by atoms with Gasteiger partial charge >= 0.3 is 0 Å². The third-order valence-electron chi connectivity index (χ3n) is 2.82. The van der Waals surface area contributed by atoms with Crippen LogP contribution >= 0.6 is 0 Å². The van der Waals surface area contributed by atoms with Crippen LogP contribution < -0.4 is 10.5 Å². The summed E-state index contributed by atoms with van der Waals surface area (Å²) in [5.41, 5.74) is 7.21. The number of primary amides is 1. The Hall–Kier alpha value is -2.36. The highest BCUT2D eigenvalue weighted by Gasteiger charge is 2.08. The Balaban J connectivity index is 2.19. The molecule has 98 valence electrons. The summed E-state index contributed by atoms with van der Waals surface area (Å²) in [6, 6.07) is 11.3. The minimum Gasteiger partial charge on any atom is -0.489 e. The number of nitrogens with two attached hydrogens (primary N) is 1. The number of hydrogen-bond acceptors (Lipinski definition) is 2. The van der Waals surface area contributed by atoms with Crippen LogP contribution in [0.4, 0.5) is 4.39 Å². The number of amides is 1. The number of carbonyl (C=O) groups excluding carboxylic acids is 1. The molecule has 0 saturated carbocycles. The van der Waals surface area contributed by atoms with Crippen molar-refractivity contribution >= 4 is 5.91 Å². The summed E-state index contributed by atoms with van der Waals surface area (Å²) in [5.74, 6) is -0.404. The Morgan fingerprint density at radius 3 is 2.74 bits per heavy atom. The zero-order valence-electron chi connectivity index (χ0n) is 10.5. The molecule has 0 aliphatic heterocycles. The van der Waals surface area contributed by atoms with Gasteiger partial charge in [0, 0.05) is 17.2 Å². The highest BCUT2D eigenvalue weighted by atomic mass is 19.1. The van der Waals surface area contributed by atoms with Crippen LogP contribution in [-0.4, -0.2) is 5.91 Å². The van der Waals surface area contributed by atoms with Gasteiger partial charge in [-0.1, -0.05) is 24.3 Å². The van der Waals surface area contributed by atoms with Crippen molar-refractivity contribution < 1.29 is 13.9 Å². The van der Waals surface area contributed by atoms with Gasteiger partial charge in [-0.15, -0.1) is 0 Å². The highest BCUT2D eigenvalue weighted by molar-refractivity contribution is 5.94. The quantitative estimate of drug-likeness (QED) is 0.917. The Morgan fingerprint density at radius 2 is 2.00 bits per heavy atom. The van der Waals surface area contributed by atoms with Gasteiger partial charge in [-0.2, -0.15) is 0 Å². The Bertz CT molecular complexity index is 611. The monoisotopic (exact) mass is 259 g/mol. The molecule has 0 fully saturated rings. The van der Waals surface area contributed by atoms with Crippen LogP contribution in [0.2, 0.25) is 0 Å². The normalized spacial score (nSPS) is 10.2. The van der Waals surface area contributed by atoms with Crippen LogP contribution in [0.3, 0.4) is 0 Å². The van der Waals surface area contributed by atoms with Crippen molar-refractivity contribution in [1.82, 2.24) is 0 Å². The molecule has 0 aliphatic carbocycles. The molecule has 0 aliphatic rings. The summed E-state index contributed by atoms with van der Waals surface area (Å²) < 4.78 is 18.7. The first-order chi connectivity index (χ1) is 9.08. The second kappa shape index (κ2) is 5.52. The molecule has 2 aromatic rings. The van der Waals surface area contributed by atoms with E-state index in [2.05, 4.69) is 0 Å². The molecular formula is C15H14FNO2. The van der Waals surface area contributed by atoms with Crippen molar-refractivity contribution in [3.63, 3.8) is 0 Å². The van der Waals surface area contributed by atoms with E-state index in [1.165, 1.54) is 12.1 Å². The van der Waals surface area contributed by atoms with Crippen molar-refractivity contribution in [3.8, 4) is 5.75 Å². The first-order valence-corrected chi connectivity index (χ1v) is 5.84. The van der Waals surface area contributed by atoms with E-state index in [4.69, 9.17) is 10.5 Å². The summed E-state index contributed by atoms with van der Waals surface area (Å²) in [6.45, 7) is 2.00. The summed E-state index contributed by atoms with van der Waals surface area (Å²) in [6.07, 6.45) is 0. The molecule has 4 heteroatoms. The lowest BCUT2D eigenvalue weighted by molar-refractivity contribution is 0.0998. The predicted octanol–water partition coefficient (Wildman–Crippen LogP) is 2.81. The lowest BCUT2D eigenvalue weighted by Crippen LogP contribution is -2.14. The Kier molecular flexibility index (Phi) is 3.80. The van der Waals surface area contributed by atoms with Gasteiger partial charge in [0.1, 0.15) is 18.2 Å². The van der Waals surface area contributed by atoms with E-state index in [9.17, 15) is 9.18 Å². The van der Waals surface area contributed by atoms with Gasteiger partial charge in [-0.25, -0.2) is 4.39 Å². The number of ether oxygens (including phenoxy) is 1. The SMILES string of the molecule is Cc1ccc(F)cc1OCc1ccccc1C(N)=O. The molecule has 2 rings (SSSR count). The van der Waals surface area contributed by atoms with E-state index in [0.29, 0.717) is 16.9 Å².